The molecule has 0 unspecified atom stereocenters. The summed E-state index contributed by atoms with van der Waals surface area (Å²) in [7, 11) is 0. The average molecular weight is 647 g/mol. The van der Waals surface area contributed by atoms with E-state index < -0.39 is 0 Å². The van der Waals surface area contributed by atoms with Gasteiger partial charge in [-0.1, -0.05) is 42.5 Å². The van der Waals surface area contributed by atoms with Crippen LogP contribution in [0.25, 0.3) is 78.2 Å². The molecule has 236 valence electrons. The van der Waals surface area contributed by atoms with Crippen molar-refractivity contribution in [2.24, 2.45) is 0 Å². The molecule has 10 rings (SSSR count). The first-order valence-electron chi connectivity index (χ1n) is 16.3. The first-order valence-corrected chi connectivity index (χ1v) is 16.3. The molecule has 0 saturated carbocycles. The first kappa shape index (κ1) is 28.1. The number of hydrogen-bond donors (Lipinski definition) is 0. The number of rotatable bonds is 6. The van der Waals surface area contributed by atoms with Crippen LogP contribution >= 0.6 is 0 Å². The predicted octanol–water partition coefficient (Wildman–Crippen LogP) is 11.7. The Hall–Kier alpha value is -6.99. The van der Waals surface area contributed by atoms with Gasteiger partial charge < -0.3 is 18.2 Å². The highest BCUT2D eigenvalue weighted by Gasteiger charge is 2.17. The lowest BCUT2D eigenvalue weighted by Gasteiger charge is -2.26. The van der Waals surface area contributed by atoms with Gasteiger partial charge in [0.15, 0.2) is 16.7 Å². The average Bonchev–Trinajstić information content (AvgIpc) is 3.91. The second-order valence-corrected chi connectivity index (χ2v) is 12.1. The van der Waals surface area contributed by atoms with Crippen molar-refractivity contribution in [3.63, 3.8) is 0 Å². The van der Waals surface area contributed by atoms with Gasteiger partial charge in [0.05, 0.1) is 6.20 Å². The van der Waals surface area contributed by atoms with E-state index in [0.717, 1.165) is 83.5 Å². The maximum absolute atomic E-state index is 6.12. The Morgan fingerprint density at radius 3 is 1.46 bits per heavy atom. The Bertz CT molecular complexity index is 2630. The number of benzene rings is 6. The largest absolute Gasteiger partial charge is 0.454 e. The molecule has 7 heteroatoms. The lowest BCUT2D eigenvalue weighted by atomic mass is 10.0. The number of aromatic nitrogens is 3. The van der Waals surface area contributed by atoms with Crippen LogP contribution in [0.4, 0.5) is 17.1 Å². The van der Waals surface area contributed by atoms with Gasteiger partial charge in [-0.05, 0) is 114 Å². The summed E-state index contributed by atoms with van der Waals surface area (Å²) in [6.45, 7) is 0. The predicted molar refractivity (Wildman–Crippen MR) is 198 cm³/mol. The highest BCUT2D eigenvalue weighted by atomic mass is 16.4. The molecule has 50 heavy (non-hydrogen) atoms. The van der Waals surface area contributed by atoms with Crippen molar-refractivity contribution in [1.82, 2.24) is 15.0 Å². The first-order chi connectivity index (χ1) is 24.7. The molecule has 0 aliphatic rings. The molecule has 0 saturated heterocycles. The minimum Gasteiger partial charge on any atom is -0.454 e. The fourth-order valence-corrected chi connectivity index (χ4v) is 6.56. The van der Waals surface area contributed by atoms with Crippen LogP contribution < -0.4 is 4.90 Å². The molecule has 0 N–H and O–H groups in total. The zero-order valence-corrected chi connectivity index (χ0v) is 26.5. The summed E-state index contributed by atoms with van der Waals surface area (Å²) < 4.78 is 18.2. The molecule has 0 fully saturated rings. The molecule has 6 aromatic carbocycles. The van der Waals surface area contributed by atoms with Crippen LogP contribution in [0.2, 0.25) is 0 Å². The van der Waals surface area contributed by atoms with E-state index in [0.29, 0.717) is 11.8 Å². The Labute approximate surface area is 285 Å². The molecular formula is C43H26N4O3. The normalized spacial score (nSPS) is 11.6. The molecule has 10 aromatic rings. The molecule has 0 atom stereocenters. The zero-order chi connectivity index (χ0) is 33.0. The Morgan fingerprint density at radius 1 is 0.400 bits per heavy atom. The third-order valence-corrected chi connectivity index (χ3v) is 9.07. The van der Waals surface area contributed by atoms with Crippen LogP contribution in [0.3, 0.4) is 0 Å². The third kappa shape index (κ3) is 4.79. The number of pyridine rings is 1. The number of anilines is 3. The van der Waals surface area contributed by atoms with Crippen molar-refractivity contribution >= 4 is 61.2 Å². The molecule has 0 aliphatic heterocycles. The summed E-state index contributed by atoms with van der Waals surface area (Å²) in [6, 6.07) is 49.1. The van der Waals surface area contributed by atoms with Gasteiger partial charge in [0, 0.05) is 45.2 Å². The van der Waals surface area contributed by atoms with E-state index in [4.69, 9.17) is 23.2 Å². The van der Waals surface area contributed by atoms with Gasteiger partial charge in [-0.3, -0.25) is 4.98 Å². The number of para-hydroxylation sites is 4. The monoisotopic (exact) mass is 646 g/mol. The minimum atomic E-state index is 0.592. The number of hydrogen-bond acceptors (Lipinski definition) is 7. The van der Waals surface area contributed by atoms with Crippen LogP contribution in [0, 0.1) is 0 Å². The number of nitrogens with zero attached hydrogens (tertiary/aromatic N) is 4. The van der Waals surface area contributed by atoms with Gasteiger partial charge in [-0.15, -0.1) is 0 Å². The van der Waals surface area contributed by atoms with Crippen LogP contribution in [0.15, 0.2) is 171 Å². The third-order valence-electron chi connectivity index (χ3n) is 9.07. The summed E-state index contributed by atoms with van der Waals surface area (Å²) in [5.74, 6) is 1.18. The van der Waals surface area contributed by atoms with E-state index in [-0.39, 0.29) is 0 Å². The second kappa shape index (κ2) is 11.3. The van der Waals surface area contributed by atoms with Crippen molar-refractivity contribution in [3.05, 3.63) is 158 Å². The van der Waals surface area contributed by atoms with Crippen molar-refractivity contribution in [2.45, 2.75) is 0 Å². The van der Waals surface area contributed by atoms with Gasteiger partial charge in [-0.25, -0.2) is 9.97 Å². The van der Waals surface area contributed by atoms with Crippen LogP contribution in [-0.2, 0) is 0 Å². The minimum absolute atomic E-state index is 0.592. The lowest BCUT2D eigenvalue weighted by molar-refractivity contribution is 0.619. The molecule has 0 spiro atoms. The maximum atomic E-state index is 6.12. The standard InChI is InChI=1S/C43H26N4O3/c1-3-7-38-36(5-1)45-42(49-38)28-11-18-32(19-12-28)47(33-20-13-29(14-21-33)43-46-37-6-2-4-8-39(37)50-43)31-16-9-27(10-17-31)30-15-22-34-35-23-24-44-26-41(35)48-40(34)25-30/h1-26H. The highest BCUT2D eigenvalue weighted by molar-refractivity contribution is 6.05. The molecule has 0 bridgehead atoms. The Kier molecular flexibility index (Phi) is 6.35. The summed E-state index contributed by atoms with van der Waals surface area (Å²) in [5, 5.41) is 2.15. The maximum Gasteiger partial charge on any atom is 0.227 e. The van der Waals surface area contributed by atoms with E-state index in [2.05, 4.69) is 76.6 Å². The number of oxazole rings is 2. The molecule has 0 radical (unpaired) electrons. The molecule has 4 aromatic heterocycles. The van der Waals surface area contributed by atoms with Crippen LogP contribution in [0.5, 0.6) is 0 Å². The lowest BCUT2D eigenvalue weighted by Crippen LogP contribution is -2.09. The Morgan fingerprint density at radius 2 is 0.900 bits per heavy atom. The smallest absolute Gasteiger partial charge is 0.227 e. The summed E-state index contributed by atoms with van der Waals surface area (Å²) in [4.78, 5) is 15.8. The topological polar surface area (TPSA) is 81.3 Å². The molecule has 0 amide bonds. The van der Waals surface area contributed by atoms with Crippen molar-refractivity contribution in [3.8, 4) is 34.0 Å². The van der Waals surface area contributed by atoms with Crippen LogP contribution in [0.1, 0.15) is 0 Å². The summed E-state index contributed by atoms with van der Waals surface area (Å²) in [5.41, 5.74) is 11.8. The number of fused-ring (bicyclic) bond motifs is 5. The molecule has 7 nitrogen and oxygen atoms in total. The van der Waals surface area contributed by atoms with Gasteiger partial charge in [0.1, 0.15) is 16.6 Å². The SMILES string of the molecule is c1ccc2oc(-c3ccc(N(c4ccc(-c5ccc6c(c5)oc5cnccc56)cc4)c4ccc(-c5nc6ccccc6o5)cc4)cc3)nc2c1. The molecular weight excluding hydrogens is 620 g/mol. The van der Waals surface area contributed by atoms with E-state index in [1.165, 1.54) is 0 Å². The highest BCUT2D eigenvalue weighted by Crippen LogP contribution is 2.39. The van der Waals surface area contributed by atoms with Crippen molar-refractivity contribution in [1.29, 1.82) is 0 Å². The van der Waals surface area contributed by atoms with E-state index in [1.54, 1.807) is 12.4 Å². The summed E-state index contributed by atoms with van der Waals surface area (Å²) >= 11 is 0. The van der Waals surface area contributed by atoms with Gasteiger partial charge >= 0.3 is 0 Å². The van der Waals surface area contributed by atoms with Crippen molar-refractivity contribution < 1.29 is 13.3 Å². The van der Waals surface area contributed by atoms with E-state index in [1.807, 2.05) is 78.9 Å². The van der Waals surface area contributed by atoms with E-state index >= 15 is 0 Å². The molecule has 0 aliphatic carbocycles. The van der Waals surface area contributed by atoms with Gasteiger partial charge in [0.2, 0.25) is 11.8 Å². The van der Waals surface area contributed by atoms with E-state index in [9.17, 15) is 0 Å². The Balaban J connectivity index is 1.02. The fraction of sp³-hybridized carbons (Fsp3) is 0. The summed E-state index contributed by atoms with van der Waals surface area (Å²) in [6.07, 6.45) is 3.56. The number of furan rings is 1. The fourth-order valence-electron chi connectivity index (χ4n) is 6.56. The second-order valence-electron chi connectivity index (χ2n) is 12.1. The molecule has 4 heterocycles. The zero-order valence-electron chi connectivity index (χ0n) is 26.5. The van der Waals surface area contributed by atoms with Gasteiger partial charge in [-0.2, -0.15) is 0 Å². The van der Waals surface area contributed by atoms with Gasteiger partial charge in [0.25, 0.3) is 0 Å². The quantitative estimate of drug-likeness (QED) is 0.178. The van der Waals surface area contributed by atoms with Crippen LogP contribution in [-0.4, -0.2) is 15.0 Å². The van der Waals surface area contributed by atoms with Crippen molar-refractivity contribution in [2.75, 3.05) is 4.90 Å².